The fraction of sp³-hybridized carbons (Fsp3) is 0.389. The second kappa shape index (κ2) is 13.6. The molecule has 0 fully saturated rings. The molecule has 0 aliphatic rings. The van der Waals surface area contributed by atoms with Crippen LogP contribution in [0.2, 0.25) is 0 Å². The molecule has 45 heavy (non-hydrogen) atoms. The number of hydrogen-bond acceptors (Lipinski definition) is 6. The van der Waals surface area contributed by atoms with E-state index < -0.39 is 28.5 Å². The highest BCUT2D eigenvalue weighted by atomic mass is 32.2. The van der Waals surface area contributed by atoms with E-state index in [4.69, 9.17) is 4.74 Å². The summed E-state index contributed by atoms with van der Waals surface area (Å²) in [6, 6.07) is 19.1. The molecular formula is C36H45N3O5S. The van der Waals surface area contributed by atoms with Crippen LogP contribution in [0.25, 0.3) is 22.0 Å². The van der Waals surface area contributed by atoms with Crippen LogP contribution < -0.4 is 4.31 Å². The first-order chi connectivity index (χ1) is 21.1. The molecule has 9 heteroatoms. The molecule has 0 aliphatic heterocycles. The van der Waals surface area contributed by atoms with Crippen LogP contribution in [0.5, 0.6) is 0 Å². The molecule has 4 aromatic rings. The van der Waals surface area contributed by atoms with Crippen LogP contribution in [-0.4, -0.2) is 49.6 Å². The number of fused-ring (bicyclic) bond motifs is 1. The number of rotatable bonds is 9. The zero-order chi connectivity index (χ0) is 33.2. The van der Waals surface area contributed by atoms with E-state index >= 15 is 0 Å². The second-order valence-corrected chi connectivity index (χ2v) is 14.3. The van der Waals surface area contributed by atoms with Crippen molar-refractivity contribution < 1.29 is 22.7 Å². The summed E-state index contributed by atoms with van der Waals surface area (Å²) in [5, 5.41) is 0.904. The van der Waals surface area contributed by atoms with E-state index in [1.165, 1.54) is 4.57 Å². The number of carbonyl (C=O) groups excluding carboxylic acids is 2. The second-order valence-electron chi connectivity index (χ2n) is 13.4. The van der Waals surface area contributed by atoms with Gasteiger partial charge in [0, 0.05) is 18.1 Å². The molecule has 4 rings (SSSR count). The van der Waals surface area contributed by atoms with Gasteiger partial charge in [0.2, 0.25) is 16.8 Å². The van der Waals surface area contributed by atoms with E-state index in [1.807, 2.05) is 76.2 Å². The van der Waals surface area contributed by atoms with Crippen molar-refractivity contribution in [3.05, 3.63) is 89.1 Å². The Morgan fingerprint density at radius 2 is 1.44 bits per heavy atom. The Balaban J connectivity index is 1.72. The van der Waals surface area contributed by atoms with E-state index in [0.29, 0.717) is 12.2 Å². The number of anilines is 1. The quantitative estimate of drug-likeness (QED) is 0.193. The van der Waals surface area contributed by atoms with E-state index in [2.05, 4.69) is 39.8 Å². The van der Waals surface area contributed by atoms with Crippen LogP contribution in [-0.2, 0) is 33.4 Å². The molecule has 1 amide bonds. The summed E-state index contributed by atoms with van der Waals surface area (Å²) in [4.78, 5) is 28.5. The minimum absolute atomic E-state index is 0.0398. The molecule has 0 radical (unpaired) electrons. The third-order valence-electron chi connectivity index (χ3n) is 7.58. The number of benzene rings is 3. The first kappa shape index (κ1) is 33.9. The predicted molar refractivity (Wildman–Crippen MR) is 183 cm³/mol. The highest BCUT2D eigenvalue weighted by molar-refractivity contribution is 7.75. The third kappa shape index (κ3) is 8.02. The summed E-state index contributed by atoms with van der Waals surface area (Å²) >= 11 is 0. The zero-order valence-electron chi connectivity index (χ0n) is 27.7. The Morgan fingerprint density at radius 3 is 1.96 bits per heavy atom. The first-order valence-electron chi connectivity index (χ1n) is 15.3. The molecule has 0 N–H and O–H groups in total. The van der Waals surface area contributed by atoms with Gasteiger partial charge in [-0.15, -0.1) is 0 Å². The molecule has 0 atom stereocenters. The lowest BCUT2D eigenvalue weighted by Gasteiger charge is -2.24. The van der Waals surface area contributed by atoms with Gasteiger partial charge in [-0.3, -0.25) is 9.36 Å². The standard InChI is InChI=1S/C36H45N3O5S/c1-23(2)30-19-28(26-12-15-33-27(18-26)16-17-38(33)35(41)44-36(5,6)7)20-31(24(3)4)32(30)21-34(40)39(45(42)43)29-13-10-25(11-14-29)22-37(8)9/h10-20,23-24,45H,21-22H2,1-9H3. The molecule has 240 valence electrons. The topological polar surface area (TPSA) is 88.9 Å². The van der Waals surface area contributed by atoms with Crippen molar-refractivity contribution in [2.75, 3.05) is 18.4 Å². The average Bonchev–Trinajstić information content (AvgIpc) is 3.36. The monoisotopic (exact) mass is 631 g/mol. The SMILES string of the molecule is CC(C)c1cc(-c2ccc3c(ccn3C(=O)OC(C)(C)C)c2)cc(C(C)C)c1CC(=O)N(c1ccc(CN(C)C)cc1)[SH](=O)=O. The van der Waals surface area contributed by atoms with E-state index in [9.17, 15) is 18.0 Å². The smallest absolute Gasteiger partial charge is 0.418 e. The van der Waals surface area contributed by atoms with Crippen molar-refractivity contribution >= 4 is 39.5 Å². The van der Waals surface area contributed by atoms with Gasteiger partial charge < -0.3 is 9.64 Å². The summed E-state index contributed by atoms with van der Waals surface area (Å²) in [6.07, 6.45) is 1.25. The lowest BCUT2D eigenvalue weighted by Crippen LogP contribution is -2.31. The van der Waals surface area contributed by atoms with Gasteiger partial charge in [-0.05, 0) is 110 Å². The minimum Gasteiger partial charge on any atom is -0.443 e. The summed E-state index contributed by atoms with van der Waals surface area (Å²) in [5.74, 6) is -0.322. The molecule has 0 bridgehead atoms. The van der Waals surface area contributed by atoms with Gasteiger partial charge in [-0.25, -0.2) is 17.5 Å². The molecule has 1 heterocycles. The molecule has 1 aromatic heterocycles. The highest BCUT2D eigenvalue weighted by Crippen LogP contribution is 2.36. The summed E-state index contributed by atoms with van der Waals surface area (Å²) in [5.41, 5.74) is 6.34. The van der Waals surface area contributed by atoms with Crippen LogP contribution in [0.3, 0.4) is 0 Å². The van der Waals surface area contributed by atoms with Crippen LogP contribution in [0.1, 0.15) is 82.6 Å². The van der Waals surface area contributed by atoms with Crippen molar-refractivity contribution in [2.24, 2.45) is 0 Å². The van der Waals surface area contributed by atoms with Crippen molar-refractivity contribution in [2.45, 2.75) is 78.9 Å². The van der Waals surface area contributed by atoms with Crippen molar-refractivity contribution in [3.63, 3.8) is 0 Å². The van der Waals surface area contributed by atoms with Gasteiger partial charge in [0.15, 0.2) is 0 Å². The maximum Gasteiger partial charge on any atom is 0.418 e. The molecule has 3 aromatic carbocycles. The summed E-state index contributed by atoms with van der Waals surface area (Å²) in [6.45, 7) is 14.5. The number of aromatic nitrogens is 1. The largest absolute Gasteiger partial charge is 0.443 e. The molecule has 8 nitrogen and oxygen atoms in total. The van der Waals surface area contributed by atoms with E-state index in [-0.39, 0.29) is 18.3 Å². The van der Waals surface area contributed by atoms with Crippen LogP contribution in [0.15, 0.2) is 66.9 Å². The molecule has 0 saturated carbocycles. The summed E-state index contributed by atoms with van der Waals surface area (Å²) in [7, 11) is 0.740. The van der Waals surface area contributed by atoms with Crippen molar-refractivity contribution in [1.82, 2.24) is 9.47 Å². The number of nitrogens with zero attached hydrogens (tertiary/aromatic N) is 3. The van der Waals surface area contributed by atoms with Crippen LogP contribution in [0, 0.1) is 0 Å². The molecular weight excluding hydrogens is 586 g/mol. The maximum atomic E-state index is 13.7. The Morgan fingerprint density at radius 1 is 0.844 bits per heavy atom. The Labute approximate surface area is 268 Å². The van der Waals surface area contributed by atoms with Crippen molar-refractivity contribution in [3.8, 4) is 11.1 Å². The number of hydrogen-bond donors (Lipinski definition) is 1. The van der Waals surface area contributed by atoms with Crippen LogP contribution in [0.4, 0.5) is 10.5 Å². The van der Waals surface area contributed by atoms with Gasteiger partial charge in [-0.2, -0.15) is 0 Å². The van der Waals surface area contributed by atoms with E-state index in [1.54, 1.807) is 18.3 Å². The zero-order valence-corrected chi connectivity index (χ0v) is 28.6. The number of carbonyl (C=O) groups is 2. The van der Waals surface area contributed by atoms with E-state index in [0.717, 1.165) is 48.6 Å². The van der Waals surface area contributed by atoms with Gasteiger partial charge in [0.1, 0.15) is 5.60 Å². The minimum atomic E-state index is -3.18. The van der Waals surface area contributed by atoms with Crippen LogP contribution >= 0.6 is 0 Å². The van der Waals surface area contributed by atoms with Crippen molar-refractivity contribution in [1.29, 1.82) is 0 Å². The normalized spacial score (nSPS) is 12.1. The Bertz CT molecular complexity index is 1740. The van der Waals surface area contributed by atoms with Gasteiger partial charge in [0.25, 0.3) is 0 Å². The Kier molecular flexibility index (Phi) is 10.2. The molecule has 0 aliphatic carbocycles. The Hall–Kier alpha value is -3.95. The molecule has 0 saturated heterocycles. The van der Waals surface area contributed by atoms with Gasteiger partial charge >= 0.3 is 6.09 Å². The molecule has 0 unspecified atom stereocenters. The number of ether oxygens (including phenoxy) is 1. The fourth-order valence-electron chi connectivity index (χ4n) is 5.57. The van der Waals surface area contributed by atoms with Gasteiger partial charge in [0.05, 0.1) is 17.6 Å². The first-order valence-corrected chi connectivity index (χ1v) is 16.4. The highest BCUT2D eigenvalue weighted by Gasteiger charge is 2.25. The number of thiol groups is 1. The maximum absolute atomic E-state index is 13.7. The third-order valence-corrected chi connectivity index (χ3v) is 8.36. The average molecular weight is 632 g/mol. The molecule has 0 spiro atoms. The van der Waals surface area contributed by atoms with Gasteiger partial charge in [-0.1, -0.05) is 58.0 Å². The predicted octanol–water partition coefficient (Wildman–Crippen LogP) is 7.50. The number of amides is 1. The fourth-order valence-corrected chi connectivity index (χ4v) is 6.15. The lowest BCUT2D eigenvalue weighted by molar-refractivity contribution is -0.116. The lowest BCUT2D eigenvalue weighted by atomic mass is 9.84. The summed E-state index contributed by atoms with van der Waals surface area (Å²) < 4.78 is 32.8.